The van der Waals surface area contributed by atoms with Gasteiger partial charge in [0.25, 0.3) is 5.91 Å². The summed E-state index contributed by atoms with van der Waals surface area (Å²) in [7, 11) is 1.63. The van der Waals surface area contributed by atoms with E-state index in [0.29, 0.717) is 12.2 Å². The van der Waals surface area contributed by atoms with E-state index >= 15 is 0 Å². The predicted molar refractivity (Wildman–Crippen MR) is 56.6 cm³/mol. The molecule has 0 heterocycles. The first-order valence-electron chi connectivity index (χ1n) is 4.75. The van der Waals surface area contributed by atoms with Crippen LogP contribution in [0.5, 0.6) is 0 Å². The maximum absolute atomic E-state index is 11.4. The van der Waals surface area contributed by atoms with Gasteiger partial charge < -0.3 is 15.2 Å². The van der Waals surface area contributed by atoms with Crippen molar-refractivity contribution in [1.29, 1.82) is 0 Å². The van der Waals surface area contributed by atoms with E-state index in [1.54, 1.807) is 19.2 Å². The highest BCUT2D eigenvalue weighted by molar-refractivity contribution is 5.94. The predicted octanol–water partition coefficient (Wildman–Crippen LogP) is 0.555. The highest BCUT2D eigenvalue weighted by Gasteiger charge is 2.03. The van der Waals surface area contributed by atoms with Crippen LogP contribution in [-0.2, 0) is 11.3 Å². The molecule has 82 valence electrons. The third-order valence-electron chi connectivity index (χ3n) is 1.92. The van der Waals surface area contributed by atoms with E-state index in [1.807, 2.05) is 12.1 Å². The van der Waals surface area contributed by atoms with Gasteiger partial charge in [-0.05, 0) is 17.7 Å². The smallest absolute Gasteiger partial charge is 0.251 e. The van der Waals surface area contributed by atoms with Gasteiger partial charge in [0.15, 0.2) is 0 Å². The Morgan fingerprint density at radius 1 is 1.40 bits per heavy atom. The molecule has 4 nitrogen and oxygen atoms in total. The van der Waals surface area contributed by atoms with Crippen molar-refractivity contribution in [2.75, 3.05) is 20.3 Å². The molecule has 0 saturated heterocycles. The Morgan fingerprint density at radius 2 is 2.07 bits per heavy atom. The number of hydrogen-bond donors (Lipinski definition) is 2. The number of benzene rings is 1. The number of hydrogen-bond acceptors (Lipinski definition) is 3. The van der Waals surface area contributed by atoms with E-state index < -0.39 is 0 Å². The first-order valence-corrected chi connectivity index (χ1v) is 4.75. The average Bonchev–Trinajstić information content (AvgIpc) is 2.27. The minimum atomic E-state index is -0.173. The molecule has 0 aliphatic heterocycles. The molecule has 0 spiro atoms. The number of carbonyl (C=O) groups excluding carboxylic acids is 1. The number of carbonyl (C=O) groups is 1. The fraction of sp³-hybridized carbons (Fsp3) is 0.364. The number of nitrogens with one attached hydrogen (secondary N) is 1. The van der Waals surface area contributed by atoms with Crippen LogP contribution in [0.15, 0.2) is 24.3 Å². The molecule has 0 radical (unpaired) electrons. The fourth-order valence-electron chi connectivity index (χ4n) is 1.19. The SMILES string of the molecule is COCc1ccc(C(=O)NCCO)cc1. The number of amides is 1. The van der Waals surface area contributed by atoms with Crippen molar-refractivity contribution in [2.45, 2.75) is 6.61 Å². The standard InChI is InChI=1S/C11H15NO3/c1-15-8-9-2-4-10(5-3-9)11(14)12-6-7-13/h2-5,13H,6-8H2,1H3,(H,12,14). The monoisotopic (exact) mass is 209 g/mol. The summed E-state index contributed by atoms with van der Waals surface area (Å²) in [6.07, 6.45) is 0. The summed E-state index contributed by atoms with van der Waals surface area (Å²) in [6, 6.07) is 7.16. The normalized spacial score (nSPS) is 10.0. The number of rotatable bonds is 5. The van der Waals surface area contributed by atoms with Gasteiger partial charge in [-0.15, -0.1) is 0 Å². The molecule has 0 bridgehead atoms. The van der Waals surface area contributed by atoms with Gasteiger partial charge >= 0.3 is 0 Å². The second kappa shape index (κ2) is 6.16. The summed E-state index contributed by atoms with van der Waals surface area (Å²) in [5, 5.41) is 11.1. The van der Waals surface area contributed by atoms with E-state index in [2.05, 4.69) is 5.32 Å². The summed E-state index contributed by atoms with van der Waals surface area (Å²) in [5.74, 6) is -0.173. The van der Waals surface area contributed by atoms with Crippen LogP contribution in [-0.4, -0.2) is 31.3 Å². The van der Waals surface area contributed by atoms with Crippen LogP contribution in [0.3, 0.4) is 0 Å². The Labute approximate surface area is 88.9 Å². The van der Waals surface area contributed by atoms with Crippen molar-refractivity contribution >= 4 is 5.91 Å². The summed E-state index contributed by atoms with van der Waals surface area (Å²) in [5.41, 5.74) is 1.61. The summed E-state index contributed by atoms with van der Waals surface area (Å²) in [6.45, 7) is 0.769. The summed E-state index contributed by atoms with van der Waals surface area (Å²) >= 11 is 0. The van der Waals surface area contributed by atoms with Gasteiger partial charge in [-0.2, -0.15) is 0 Å². The quantitative estimate of drug-likeness (QED) is 0.744. The molecule has 0 aromatic heterocycles. The molecule has 0 fully saturated rings. The Kier molecular flexibility index (Phi) is 4.80. The van der Waals surface area contributed by atoms with Crippen LogP contribution in [0.25, 0.3) is 0 Å². The zero-order valence-electron chi connectivity index (χ0n) is 8.69. The fourth-order valence-corrected chi connectivity index (χ4v) is 1.19. The molecule has 0 aliphatic rings. The maximum atomic E-state index is 11.4. The van der Waals surface area contributed by atoms with Crippen LogP contribution in [0, 0.1) is 0 Å². The molecule has 1 rings (SSSR count). The van der Waals surface area contributed by atoms with Gasteiger partial charge in [0.1, 0.15) is 0 Å². The topological polar surface area (TPSA) is 58.6 Å². The Balaban J connectivity index is 2.58. The zero-order valence-corrected chi connectivity index (χ0v) is 8.69. The highest BCUT2D eigenvalue weighted by atomic mass is 16.5. The van der Waals surface area contributed by atoms with Crippen LogP contribution in [0.2, 0.25) is 0 Å². The lowest BCUT2D eigenvalue weighted by Crippen LogP contribution is -2.26. The van der Waals surface area contributed by atoms with Gasteiger partial charge in [-0.25, -0.2) is 0 Å². The highest BCUT2D eigenvalue weighted by Crippen LogP contribution is 2.05. The second-order valence-corrected chi connectivity index (χ2v) is 3.11. The average molecular weight is 209 g/mol. The lowest BCUT2D eigenvalue weighted by molar-refractivity contribution is 0.0944. The number of ether oxygens (including phenoxy) is 1. The molecular weight excluding hydrogens is 194 g/mol. The van der Waals surface area contributed by atoms with Crippen molar-refractivity contribution < 1.29 is 14.6 Å². The Morgan fingerprint density at radius 3 is 2.60 bits per heavy atom. The molecule has 0 unspecified atom stereocenters. The van der Waals surface area contributed by atoms with E-state index in [-0.39, 0.29) is 19.1 Å². The van der Waals surface area contributed by atoms with Crippen molar-refractivity contribution in [3.05, 3.63) is 35.4 Å². The summed E-state index contributed by atoms with van der Waals surface area (Å²) in [4.78, 5) is 11.4. The van der Waals surface area contributed by atoms with Gasteiger partial charge in [0.2, 0.25) is 0 Å². The third kappa shape index (κ3) is 3.69. The van der Waals surface area contributed by atoms with E-state index in [1.165, 1.54) is 0 Å². The summed E-state index contributed by atoms with van der Waals surface area (Å²) < 4.78 is 4.96. The van der Waals surface area contributed by atoms with Gasteiger partial charge in [-0.1, -0.05) is 12.1 Å². The number of aliphatic hydroxyl groups excluding tert-OH is 1. The molecule has 2 N–H and O–H groups in total. The first-order chi connectivity index (χ1) is 7.27. The van der Waals surface area contributed by atoms with Crippen LogP contribution >= 0.6 is 0 Å². The molecular formula is C11H15NO3. The molecule has 4 heteroatoms. The molecule has 0 aliphatic carbocycles. The minimum absolute atomic E-state index is 0.0481. The lowest BCUT2D eigenvalue weighted by Gasteiger charge is -2.04. The van der Waals surface area contributed by atoms with Crippen molar-refractivity contribution in [3.8, 4) is 0 Å². The molecule has 15 heavy (non-hydrogen) atoms. The number of methoxy groups -OCH3 is 1. The number of aliphatic hydroxyl groups is 1. The van der Waals surface area contributed by atoms with Gasteiger partial charge in [0.05, 0.1) is 13.2 Å². The first kappa shape index (κ1) is 11.7. The van der Waals surface area contributed by atoms with E-state index in [9.17, 15) is 4.79 Å². The molecule has 1 amide bonds. The Hall–Kier alpha value is -1.39. The van der Waals surface area contributed by atoms with Crippen LogP contribution < -0.4 is 5.32 Å². The zero-order chi connectivity index (χ0) is 11.1. The maximum Gasteiger partial charge on any atom is 0.251 e. The van der Waals surface area contributed by atoms with Crippen molar-refractivity contribution in [3.63, 3.8) is 0 Å². The van der Waals surface area contributed by atoms with E-state index in [4.69, 9.17) is 9.84 Å². The van der Waals surface area contributed by atoms with E-state index in [0.717, 1.165) is 5.56 Å². The largest absolute Gasteiger partial charge is 0.395 e. The Bertz CT molecular complexity index is 308. The molecule has 0 saturated carbocycles. The van der Waals surface area contributed by atoms with Crippen LogP contribution in [0.1, 0.15) is 15.9 Å². The third-order valence-corrected chi connectivity index (χ3v) is 1.92. The minimum Gasteiger partial charge on any atom is -0.395 e. The van der Waals surface area contributed by atoms with Crippen molar-refractivity contribution in [2.24, 2.45) is 0 Å². The molecule has 1 aromatic carbocycles. The van der Waals surface area contributed by atoms with Crippen molar-refractivity contribution in [1.82, 2.24) is 5.32 Å². The second-order valence-electron chi connectivity index (χ2n) is 3.11. The molecule has 1 aromatic rings. The van der Waals surface area contributed by atoms with Gasteiger partial charge in [0, 0.05) is 19.2 Å². The molecule has 0 atom stereocenters. The lowest BCUT2D eigenvalue weighted by atomic mass is 10.1. The van der Waals surface area contributed by atoms with Crippen LogP contribution in [0.4, 0.5) is 0 Å². The van der Waals surface area contributed by atoms with Gasteiger partial charge in [-0.3, -0.25) is 4.79 Å².